The van der Waals surface area contributed by atoms with Crippen molar-refractivity contribution in [2.24, 2.45) is 11.8 Å². The molecular formula is C18H23F3N2O4. The van der Waals surface area contributed by atoms with Gasteiger partial charge in [0.2, 0.25) is 5.91 Å². The number of aliphatic carboxylic acids is 1. The molecule has 1 aliphatic heterocycles. The third-order valence-corrected chi connectivity index (χ3v) is 4.24. The number of ether oxygens (including phenoxy) is 1. The lowest BCUT2D eigenvalue weighted by atomic mass is 9.90. The Morgan fingerprint density at radius 3 is 2.74 bits per heavy atom. The highest BCUT2D eigenvalue weighted by atomic mass is 19.4. The molecule has 2 N–H and O–H groups in total. The van der Waals surface area contributed by atoms with Crippen LogP contribution in [-0.2, 0) is 16.1 Å². The van der Waals surface area contributed by atoms with E-state index >= 15 is 0 Å². The molecule has 0 spiro atoms. The van der Waals surface area contributed by atoms with Crippen LogP contribution in [0.5, 0.6) is 5.75 Å². The Morgan fingerprint density at radius 2 is 2.07 bits per heavy atom. The predicted molar refractivity (Wildman–Crippen MR) is 91.2 cm³/mol. The maximum absolute atomic E-state index is 12.2. The van der Waals surface area contributed by atoms with E-state index in [1.807, 2.05) is 11.8 Å². The molecule has 1 amide bonds. The van der Waals surface area contributed by atoms with Crippen molar-refractivity contribution < 1.29 is 32.6 Å². The molecule has 2 rings (SSSR count). The molecule has 27 heavy (non-hydrogen) atoms. The second-order valence-electron chi connectivity index (χ2n) is 6.90. The highest BCUT2D eigenvalue weighted by Crippen LogP contribution is 2.22. The Balaban J connectivity index is 1.82. The molecule has 1 aliphatic rings. The van der Waals surface area contributed by atoms with Crippen LogP contribution in [-0.4, -0.2) is 54.3 Å². The monoisotopic (exact) mass is 388 g/mol. The average Bonchev–Trinajstić information content (AvgIpc) is 2.57. The van der Waals surface area contributed by atoms with Gasteiger partial charge in [-0.3, -0.25) is 14.5 Å². The fourth-order valence-electron chi connectivity index (χ4n) is 3.14. The Morgan fingerprint density at radius 1 is 1.33 bits per heavy atom. The molecule has 0 bridgehead atoms. The number of carboxylic acid groups (broad SMARTS) is 1. The summed E-state index contributed by atoms with van der Waals surface area (Å²) in [7, 11) is 0. The van der Waals surface area contributed by atoms with Crippen LogP contribution in [0.1, 0.15) is 18.9 Å². The van der Waals surface area contributed by atoms with Crippen molar-refractivity contribution >= 4 is 11.9 Å². The van der Waals surface area contributed by atoms with Crippen LogP contribution in [0.3, 0.4) is 0 Å². The molecule has 150 valence electrons. The van der Waals surface area contributed by atoms with Gasteiger partial charge < -0.3 is 15.2 Å². The summed E-state index contributed by atoms with van der Waals surface area (Å²) in [6.07, 6.45) is -3.82. The molecule has 9 heteroatoms. The Labute approximate surface area is 155 Å². The number of halogens is 3. The van der Waals surface area contributed by atoms with Gasteiger partial charge in [-0.15, -0.1) is 0 Å². The Kier molecular flexibility index (Phi) is 7.06. The maximum Gasteiger partial charge on any atom is 0.422 e. The van der Waals surface area contributed by atoms with Crippen molar-refractivity contribution in [3.05, 3.63) is 29.8 Å². The Hall–Kier alpha value is -2.29. The number of likely N-dealkylation sites (tertiary alicyclic amines) is 1. The van der Waals surface area contributed by atoms with Gasteiger partial charge in [0.05, 0.1) is 12.5 Å². The first-order valence-electron chi connectivity index (χ1n) is 8.62. The first-order chi connectivity index (χ1) is 12.6. The lowest BCUT2D eigenvalue weighted by molar-refractivity contribution is -0.153. The summed E-state index contributed by atoms with van der Waals surface area (Å²) < 4.78 is 41.3. The molecule has 1 saturated heterocycles. The first-order valence-corrected chi connectivity index (χ1v) is 8.62. The number of alkyl halides is 3. The average molecular weight is 388 g/mol. The summed E-state index contributed by atoms with van der Waals surface area (Å²) in [6, 6.07) is 6.08. The van der Waals surface area contributed by atoms with Crippen LogP contribution in [0, 0.1) is 11.8 Å². The number of hydrogen-bond acceptors (Lipinski definition) is 4. The SMILES string of the molecule is CC1CC(C(=O)O)CN(CC(=O)NCc2cccc(OCC(F)(F)F)c2)C1. The van der Waals surface area contributed by atoms with Gasteiger partial charge in [0, 0.05) is 19.6 Å². The summed E-state index contributed by atoms with van der Waals surface area (Å²) in [6.45, 7) is 1.78. The summed E-state index contributed by atoms with van der Waals surface area (Å²) in [5.41, 5.74) is 0.610. The largest absolute Gasteiger partial charge is 0.484 e. The third-order valence-electron chi connectivity index (χ3n) is 4.24. The van der Waals surface area contributed by atoms with Gasteiger partial charge in [-0.25, -0.2) is 0 Å². The zero-order valence-electron chi connectivity index (χ0n) is 15.0. The van der Waals surface area contributed by atoms with E-state index in [2.05, 4.69) is 10.1 Å². The van der Waals surface area contributed by atoms with Gasteiger partial charge in [-0.2, -0.15) is 13.2 Å². The van der Waals surface area contributed by atoms with E-state index in [-0.39, 0.29) is 30.7 Å². The van der Waals surface area contributed by atoms with E-state index < -0.39 is 24.7 Å². The molecule has 1 fully saturated rings. The molecule has 2 atom stereocenters. The highest BCUT2D eigenvalue weighted by molar-refractivity contribution is 5.78. The molecule has 1 aromatic carbocycles. The van der Waals surface area contributed by atoms with Crippen molar-refractivity contribution in [1.29, 1.82) is 0 Å². The van der Waals surface area contributed by atoms with Crippen LogP contribution >= 0.6 is 0 Å². The van der Waals surface area contributed by atoms with Crippen molar-refractivity contribution in [2.75, 3.05) is 26.2 Å². The fourth-order valence-corrected chi connectivity index (χ4v) is 3.14. The minimum absolute atomic E-state index is 0.0771. The predicted octanol–water partition coefficient (Wildman–Crippen LogP) is 2.29. The quantitative estimate of drug-likeness (QED) is 0.749. The number of benzene rings is 1. The van der Waals surface area contributed by atoms with Crippen LogP contribution in [0.2, 0.25) is 0 Å². The second-order valence-corrected chi connectivity index (χ2v) is 6.90. The number of rotatable bonds is 7. The molecular weight excluding hydrogens is 365 g/mol. The summed E-state index contributed by atoms with van der Waals surface area (Å²) in [5, 5.41) is 11.9. The molecule has 1 heterocycles. The van der Waals surface area contributed by atoms with Gasteiger partial charge in [0.15, 0.2) is 6.61 Å². The fraction of sp³-hybridized carbons (Fsp3) is 0.556. The molecule has 6 nitrogen and oxygen atoms in total. The summed E-state index contributed by atoms with van der Waals surface area (Å²) in [4.78, 5) is 25.1. The van der Waals surface area contributed by atoms with Gasteiger partial charge in [0.25, 0.3) is 0 Å². The highest BCUT2D eigenvalue weighted by Gasteiger charge is 2.30. The molecule has 2 unspecified atom stereocenters. The van der Waals surface area contributed by atoms with E-state index in [0.717, 1.165) is 0 Å². The van der Waals surface area contributed by atoms with E-state index in [4.69, 9.17) is 0 Å². The smallest absolute Gasteiger partial charge is 0.422 e. The van der Waals surface area contributed by atoms with E-state index in [1.165, 1.54) is 12.1 Å². The number of carbonyl (C=O) groups is 2. The van der Waals surface area contributed by atoms with E-state index in [1.54, 1.807) is 12.1 Å². The molecule has 0 saturated carbocycles. The number of nitrogens with one attached hydrogen (secondary N) is 1. The summed E-state index contributed by atoms with van der Waals surface area (Å²) >= 11 is 0. The minimum atomic E-state index is -4.41. The normalized spacial score (nSPS) is 20.9. The second kappa shape index (κ2) is 9.07. The van der Waals surface area contributed by atoms with Gasteiger partial charge in [-0.1, -0.05) is 19.1 Å². The topological polar surface area (TPSA) is 78.9 Å². The number of amides is 1. The van der Waals surface area contributed by atoms with Crippen LogP contribution in [0.15, 0.2) is 24.3 Å². The van der Waals surface area contributed by atoms with Crippen LogP contribution < -0.4 is 10.1 Å². The number of hydrogen-bond donors (Lipinski definition) is 2. The Bertz CT molecular complexity index is 666. The number of nitrogens with zero attached hydrogens (tertiary/aromatic N) is 1. The van der Waals surface area contributed by atoms with Crippen LogP contribution in [0.4, 0.5) is 13.2 Å². The van der Waals surface area contributed by atoms with Crippen molar-refractivity contribution in [3.63, 3.8) is 0 Å². The van der Waals surface area contributed by atoms with Gasteiger partial charge >= 0.3 is 12.1 Å². The number of piperidine rings is 1. The minimum Gasteiger partial charge on any atom is -0.484 e. The third kappa shape index (κ3) is 7.46. The molecule has 0 aliphatic carbocycles. The van der Waals surface area contributed by atoms with E-state index in [9.17, 15) is 27.9 Å². The summed E-state index contributed by atoms with van der Waals surface area (Å²) in [5.74, 6) is -1.34. The molecule has 0 aromatic heterocycles. The van der Waals surface area contributed by atoms with Gasteiger partial charge in [-0.05, 0) is 30.0 Å². The molecule has 0 radical (unpaired) electrons. The number of carboxylic acids is 1. The van der Waals surface area contributed by atoms with Gasteiger partial charge in [0.1, 0.15) is 5.75 Å². The standard InChI is InChI=1S/C18H23F3N2O4/c1-12-5-14(17(25)26)9-23(8-12)10-16(24)22-7-13-3-2-4-15(6-13)27-11-18(19,20)21/h2-4,6,12,14H,5,7-11H2,1H3,(H,22,24)(H,25,26). The van der Waals surface area contributed by atoms with Crippen LogP contribution in [0.25, 0.3) is 0 Å². The lowest BCUT2D eigenvalue weighted by Crippen LogP contribution is -2.46. The maximum atomic E-state index is 12.2. The lowest BCUT2D eigenvalue weighted by Gasteiger charge is -2.34. The first kappa shape index (κ1) is 21.0. The number of carbonyl (C=O) groups excluding carboxylic acids is 1. The van der Waals surface area contributed by atoms with Crippen molar-refractivity contribution in [3.8, 4) is 5.75 Å². The zero-order valence-corrected chi connectivity index (χ0v) is 15.0. The van der Waals surface area contributed by atoms with E-state index in [0.29, 0.717) is 25.1 Å². The molecule has 1 aromatic rings. The van der Waals surface area contributed by atoms with Crippen molar-refractivity contribution in [1.82, 2.24) is 10.2 Å². The zero-order chi connectivity index (χ0) is 20.0. The van der Waals surface area contributed by atoms with Crippen molar-refractivity contribution in [2.45, 2.75) is 26.1 Å².